The minimum Gasteiger partial charge on any atom is -0.493 e. The topological polar surface area (TPSA) is 63.7 Å². The van der Waals surface area contributed by atoms with Crippen LogP contribution in [-0.2, 0) is 0 Å². The van der Waals surface area contributed by atoms with Gasteiger partial charge in [-0.15, -0.1) is 0 Å². The molecule has 0 atom stereocenters. The Morgan fingerprint density at radius 2 is 2.04 bits per heavy atom. The highest BCUT2D eigenvalue weighted by molar-refractivity contribution is 6.32. The highest BCUT2D eigenvalue weighted by Gasteiger charge is 2.16. The summed E-state index contributed by atoms with van der Waals surface area (Å²) in [5.74, 6) is 1.52. The van der Waals surface area contributed by atoms with Crippen molar-refractivity contribution in [2.75, 3.05) is 37.0 Å². The van der Waals surface area contributed by atoms with Crippen molar-refractivity contribution in [1.82, 2.24) is 4.98 Å². The van der Waals surface area contributed by atoms with E-state index in [-0.39, 0.29) is 5.91 Å². The number of rotatable bonds is 6. The molecule has 1 aromatic heterocycles. The first kappa shape index (κ1) is 19.3. The summed E-state index contributed by atoms with van der Waals surface area (Å²) in [6.07, 6.45) is 5.34. The standard InChI is InChI=1S/C20H24ClN3O3/c1-3-27-19-16(21)11-14(12-17(19)26-2)20(25)23-15-7-8-18(22-13-15)24-9-5-4-6-10-24/h7-8,11-13H,3-6,9-10H2,1-2H3,(H,23,25). The smallest absolute Gasteiger partial charge is 0.255 e. The van der Waals surface area contributed by atoms with Crippen molar-refractivity contribution in [1.29, 1.82) is 0 Å². The van der Waals surface area contributed by atoms with Gasteiger partial charge in [-0.2, -0.15) is 0 Å². The molecule has 0 saturated carbocycles. The van der Waals surface area contributed by atoms with Crippen LogP contribution in [-0.4, -0.2) is 37.7 Å². The molecule has 6 nitrogen and oxygen atoms in total. The minimum atomic E-state index is -0.286. The number of amides is 1. The first-order valence-corrected chi connectivity index (χ1v) is 9.53. The van der Waals surface area contributed by atoms with E-state index >= 15 is 0 Å². The Labute approximate surface area is 164 Å². The van der Waals surface area contributed by atoms with Gasteiger partial charge < -0.3 is 19.7 Å². The molecule has 2 heterocycles. The van der Waals surface area contributed by atoms with Gasteiger partial charge in [0.05, 0.1) is 30.6 Å². The third-order valence-corrected chi connectivity index (χ3v) is 4.75. The van der Waals surface area contributed by atoms with Gasteiger partial charge in [-0.1, -0.05) is 11.6 Å². The maximum Gasteiger partial charge on any atom is 0.255 e. The zero-order valence-corrected chi connectivity index (χ0v) is 16.4. The van der Waals surface area contributed by atoms with Crippen LogP contribution in [0, 0.1) is 0 Å². The summed E-state index contributed by atoms with van der Waals surface area (Å²) in [6.45, 7) is 4.37. The maximum atomic E-state index is 12.6. The van der Waals surface area contributed by atoms with Crippen molar-refractivity contribution >= 4 is 29.0 Å². The van der Waals surface area contributed by atoms with Crippen LogP contribution >= 0.6 is 11.6 Å². The number of benzene rings is 1. The molecule has 0 radical (unpaired) electrons. The molecular formula is C20H24ClN3O3. The van der Waals surface area contributed by atoms with E-state index in [1.54, 1.807) is 18.3 Å². The predicted octanol–water partition coefficient (Wildman–Crippen LogP) is 4.38. The number of hydrogen-bond donors (Lipinski definition) is 1. The van der Waals surface area contributed by atoms with Gasteiger partial charge in [-0.3, -0.25) is 4.79 Å². The number of anilines is 2. The second-order valence-electron chi connectivity index (χ2n) is 6.33. The fraction of sp³-hybridized carbons (Fsp3) is 0.400. The summed E-state index contributed by atoms with van der Waals surface area (Å²) in [5, 5.41) is 3.18. The number of nitrogens with zero attached hydrogens (tertiary/aromatic N) is 2. The molecule has 1 saturated heterocycles. The molecule has 1 fully saturated rings. The molecule has 1 amide bonds. The van der Waals surface area contributed by atoms with E-state index in [4.69, 9.17) is 21.1 Å². The van der Waals surface area contributed by atoms with E-state index in [0.717, 1.165) is 18.9 Å². The predicted molar refractivity (Wildman–Crippen MR) is 107 cm³/mol. The summed E-state index contributed by atoms with van der Waals surface area (Å²) in [6, 6.07) is 6.98. The van der Waals surface area contributed by atoms with Crippen molar-refractivity contribution < 1.29 is 14.3 Å². The van der Waals surface area contributed by atoms with E-state index in [1.807, 2.05) is 19.1 Å². The molecule has 144 valence electrons. The Bertz CT molecular complexity index is 790. The third-order valence-electron chi connectivity index (χ3n) is 4.47. The number of nitrogens with one attached hydrogen (secondary N) is 1. The molecule has 3 rings (SSSR count). The number of methoxy groups -OCH3 is 1. The van der Waals surface area contributed by atoms with E-state index in [9.17, 15) is 4.79 Å². The van der Waals surface area contributed by atoms with Gasteiger partial charge in [-0.25, -0.2) is 4.98 Å². The highest BCUT2D eigenvalue weighted by atomic mass is 35.5. The lowest BCUT2D eigenvalue weighted by molar-refractivity contribution is 0.102. The Morgan fingerprint density at radius 3 is 2.67 bits per heavy atom. The Balaban J connectivity index is 1.72. The second-order valence-corrected chi connectivity index (χ2v) is 6.74. The number of piperidine rings is 1. The largest absolute Gasteiger partial charge is 0.493 e. The number of pyridine rings is 1. The SMILES string of the molecule is CCOc1c(Cl)cc(C(=O)Nc2ccc(N3CCCCC3)nc2)cc1OC. The third kappa shape index (κ3) is 4.63. The van der Waals surface area contributed by atoms with E-state index in [2.05, 4.69) is 15.2 Å². The monoisotopic (exact) mass is 389 g/mol. The minimum absolute atomic E-state index is 0.286. The maximum absolute atomic E-state index is 12.6. The molecule has 27 heavy (non-hydrogen) atoms. The van der Waals surface area contributed by atoms with Crippen LogP contribution in [0.2, 0.25) is 5.02 Å². The van der Waals surface area contributed by atoms with Gasteiger partial charge >= 0.3 is 0 Å². The summed E-state index contributed by atoms with van der Waals surface area (Å²) in [4.78, 5) is 19.3. The van der Waals surface area contributed by atoms with Crippen molar-refractivity contribution in [2.24, 2.45) is 0 Å². The molecule has 7 heteroatoms. The molecule has 0 spiro atoms. The Kier molecular flexibility index (Phi) is 6.40. The van der Waals surface area contributed by atoms with Crippen molar-refractivity contribution in [3.8, 4) is 11.5 Å². The highest BCUT2D eigenvalue weighted by Crippen LogP contribution is 2.36. The lowest BCUT2D eigenvalue weighted by Gasteiger charge is -2.27. The molecule has 1 aliphatic rings. The molecule has 0 bridgehead atoms. The average Bonchev–Trinajstić information content (AvgIpc) is 2.70. The fourth-order valence-electron chi connectivity index (χ4n) is 3.11. The van der Waals surface area contributed by atoms with E-state index in [0.29, 0.717) is 34.4 Å². The quantitative estimate of drug-likeness (QED) is 0.794. The van der Waals surface area contributed by atoms with Crippen molar-refractivity contribution in [3.63, 3.8) is 0 Å². The Hall–Kier alpha value is -2.47. The van der Waals surface area contributed by atoms with Crippen LogP contribution in [0.5, 0.6) is 11.5 Å². The van der Waals surface area contributed by atoms with Crippen LogP contribution < -0.4 is 19.7 Å². The molecular weight excluding hydrogens is 366 g/mol. The summed E-state index contributed by atoms with van der Waals surface area (Å²) in [7, 11) is 1.51. The van der Waals surface area contributed by atoms with Crippen LogP contribution in [0.3, 0.4) is 0 Å². The number of carbonyl (C=O) groups is 1. The molecule has 1 aromatic carbocycles. The second kappa shape index (κ2) is 8.95. The molecule has 0 aliphatic carbocycles. The zero-order chi connectivity index (χ0) is 19.2. The number of carbonyl (C=O) groups excluding carboxylic acids is 1. The normalized spacial score (nSPS) is 14.0. The van der Waals surface area contributed by atoms with E-state index in [1.165, 1.54) is 26.4 Å². The van der Waals surface area contributed by atoms with Crippen LogP contribution in [0.25, 0.3) is 0 Å². The lowest BCUT2D eigenvalue weighted by atomic mass is 10.1. The zero-order valence-electron chi connectivity index (χ0n) is 15.6. The van der Waals surface area contributed by atoms with Crippen LogP contribution in [0.15, 0.2) is 30.5 Å². The van der Waals surface area contributed by atoms with Gasteiger partial charge in [0, 0.05) is 18.7 Å². The molecule has 1 aliphatic heterocycles. The van der Waals surface area contributed by atoms with Crippen LogP contribution in [0.1, 0.15) is 36.5 Å². The number of halogens is 1. The average molecular weight is 390 g/mol. The number of aromatic nitrogens is 1. The van der Waals surface area contributed by atoms with Gasteiger partial charge in [0.1, 0.15) is 5.82 Å². The van der Waals surface area contributed by atoms with Gasteiger partial charge in [0.25, 0.3) is 5.91 Å². The fourth-order valence-corrected chi connectivity index (χ4v) is 3.37. The molecule has 0 unspecified atom stereocenters. The lowest BCUT2D eigenvalue weighted by Crippen LogP contribution is -2.30. The van der Waals surface area contributed by atoms with E-state index < -0.39 is 0 Å². The first-order valence-electron chi connectivity index (χ1n) is 9.15. The van der Waals surface area contributed by atoms with Crippen LogP contribution in [0.4, 0.5) is 11.5 Å². The molecule has 1 N–H and O–H groups in total. The summed E-state index contributed by atoms with van der Waals surface area (Å²) >= 11 is 6.24. The van der Waals surface area contributed by atoms with Crippen molar-refractivity contribution in [2.45, 2.75) is 26.2 Å². The van der Waals surface area contributed by atoms with Gasteiger partial charge in [0.2, 0.25) is 0 Å². The number of hydrogen-bond acceptors (Lipinski definition) is 5. The van der Waals surface area contributed by atoms with Gasteiger partial charge in [0.15, 0.2) is 11.5 Å². The summed E-state index contributed by atoms with van der Waals surface area (Å²) in [5.41, 5.74) is 1.02. The van der Waals surface area contributed by atoms with Crippen molar-refractivity contribution in [3.05, 3.63) is 41.0 Å². The Morgan fingerprint density at radius 1 is 1.26 bits per heavy atom. The summed E-state index contributed by atoms with van der Waals surface area (Å²) < 4.78 is 10.8. The number of ether oxygens (including phenoxy) is 2. The van der Waals surface area contributed by atoms with Gasteiger partial charge in [-0.05, 0) is 50.5 Å². The first-order chi connectivity index (χ1) is 13.1. The molecule has 2 aromatic rings.